The third kappa shape index (κ3) is 5.09. The molecule has 1 aromatic heterocycles. The molecule has 166 valence electrons. The fraction of sp³-hybridized carbons (Fsp3) is 0.238. The number of methoxy groups -OCH3 is 1. The van der Waals surface area contributed by atoms with Gasteiger partial charge in [0.1, 0.15) is 0 Å². The lowest BCUT2D eigenvalue weighted by Gasteiger charge is -2.20. The second-order valence-electron chi connectivity index (χ2n) is 6.72. The maximum Gasteiger partial charge on any atom is 0.338 e. The van der Waals surface area contributed by atoms with E-state index >= 15 is 0 Å². The average Bonchev–Trinajstić information content (AvgIpc) is 3.26. The van der Waals surface area contributed by atoms with E-state index in [1.807, 2.05) is 6.92 Å². The quantitative estimate of drug-likeness (QED) is 0.280. The first kappa shape index (κ1) is 22.9. The van der Waals surface area contributed by atoms with Gasteiger partial charge < -0.3 is 14.1 Å². The Labute approximate surface area is 187 Å². The Kier molecular flexibility index (Phi) is 7.16. The smallest absolute Gasteiger partial charge is 0.338 e. The van der Waals surface area contributed by atoms with Crippen molar-refractivity contribution < 1.29 is 23.7 Å². The molecule has 0 N–H and O–H groups in total. The molecule has 2 aromatic carbocycles. The maximum atomic E-state index is 13.1. The minimum Gasteiger partial charge on any atom is -0.465 e. The third-order valence-electron chi connectivity index (χ3n) is 4.47. The molecule has 32 heavy (non-hydrogen) atoms. The number of aromatic nitrogens is 2. The highest BCUT2D eigenvalue weighted by molar-refractivity contribution is 6.33. The van der Waals surface area contributed by atoms with Crippen LogP contribution in [0.3, 0.4) is 0 Å². The Morgan fingerprint density at radius 1 is 1.19 bits per heavy atom. The summed E-state index contributed by atoms with van der Waals surface area (Å²) in [6.07, 6.45) is 0.607. The molecule has 0 aliphatic rings. The molecule has 1 heterocycles. The number of carbonyl (C=O) groups excluding carboxylic acids is 2. The molecule has 0 aliphatic carbocycles. The standard InChI is InChI=1S/C21H19ClN4O6/c1-3-8-25(12-18-23-24-19(32-18)16-6-4-5-7-17(16)22)20(27)13-9-14(21(28)31-2)11-15(10-13)26(29)30/h4-7,9-11H,3,8,12H2,1-2H3. The molecule has 3 aromatic rings. The Bertz CT molecular complexity index is 1160. The van der Waals surface area contributed by atoms with Gasteiger partial charge in [0, 0.05) is 24.2 Å². The summed E-state index contributed by atoms with van der Waals surface area (Å²) < 4.78 is 10.3. The van der Waals surface area contributed by atoms with E-state index in [0.717, 1.165) is 19.2 Å². The van der Waals surface area contributed by atoms with E-state index in [4.69, 9.17) is 16.0 Å². The van der Waals surface area contributed by atoms with E-state index in [1.54, 1.807) is 24.3 Å². The van der Waals surface area contributed by atoms with E-state index in [2.05, 4.69) is 14.9 Å². The molecule has 0 fully saturated rings. The monoisotopic (exact) mass is 458 g/mol. The van der Waals surface area contributed by atoms with Crippen molar-refractivity contribution in [2.75, 3.05) is 13.7 Å². The molecule has 11 heteroatoms. The predicted octanol–water partition coefficient (Wildman–Crippen LogP) is 4.14. The second kappa shape index (κ2) is 10.0. The van der Waals surface area contributed by atoms with Gasteiger partial charge in [0.15, 0.2) is 0 Å². The zero-order valence-corrected chi connectivity index (χ0v) is 18.0. The van der Waals surface area contributed by atoms with Crippen LogP contribution < -0.4 is 0 Å². The molecule has 10 nitrogen and oxygen atoms in total. The van der Waals surface area contributed by atoms with Crippen molar-refractivity contribution in [3.63, 3.8) is 0 Å². The van der Waals surface area contributed by atoms with Gasteiger partial charge >= 0.3 is 5.97 Å². The summed E-state index contributed by atoms with van der Waals surface area (Å²) in [5.41, 5.74) is 0.0355. The number of benzene rings is 2. The van der Waals surface area contributed by atoms with E-state index < -0.39 is 22.5 Å². The largest absolute Gasteiger partial charge is 0.465 e. The topological polar surface area (TPSA) is 129 Å². The molecular weight excluding hydrogens is 440 g/mol. The SMILES string of the molecule is CCCN(Cc1nnc(-c2ccccc2Cl)o1)C(=O)c1cc(C(=O)OC)cc([N+](=O)[O-])c1. The van der Waals surface area contributed by atoms with Crippen molar-refractivity contribution in [2.45, 2.75) is 19.9 Å². The maximum absolute atomic E-state index is 13.1. The van der Waals surface area contributed by atoms with Crippen LogP contribution in [0.2, 0.25) is 5.02 Å². The molecule has 0 saturated heterocycles. The Morgan fingerprint density at radius 3 is 2.56 bits per heavy atom. The number of hydrogen-bond acceptors (Lipinski definition) is 8. The summed E-state index contributed by atoms with van der Waals surface area (Å²) in [5.74, 6) is -0.942. The molecular formula is C21H19ClN4O6. The number of hydrogen-bond donors (Lipinski definition) is 0. The highest BCUT2D eigenvalue weighted by atomic mass is 35.5. The van der Waals surface area contributed by atoms with Crippen LogP contribution in [0.1, 0.15) is 40.0 Å². The summed E-state index contributed by atoms with van der Waals surface area (Å²) in [5, 5.41) is 19.7. The van der Waals surface area contributed by atoms with Gasteiger partial charge in [-0.15, -0.1) is 10.2 Å². The zero-order chi connectivity index (χ0) is 23.3. The number of nitro benzene ring substituents is 1. The van der Waals surface area contributed by atoms with Gasteiger partial charge in [-0.3, -0.25) is 14.9 Å². The Morgan fingerprint density at radius 2 is 1.91 bits per heavy atom. The number of ether oxygens (including phenoxy) is 1. The van der Waals surface area contributed by atoms with Gasteiger partial charge in [-0.1, -0.05) is 30.7 Å². The minimum atomic E-state index is -0.786. The van der Waals surface area contributed by atoms with Crippen molar-refractivity contribution >= 4 is 29.2 Å². The third-order valence-corrected chi connectivity index (χ3v) is 4.80. The van der Waals surface area contributed by atoms with Gasteiger partial charge in [0.2, 0.25) is 11.8 Å². The summed E-state index contributed by atoms with van der Waals surface area (Å²) in [7, 11) is 1.15. The van der Waals surface area contributed by atoms with Crippen LogP contribution in [0.4, 0.5) is 5.69 Å². The van der Waals surface area contributed by atoms with E-state index in [0.29, 0.717) is 23.6 Å². The molecule has 0 atom stereocenters. The van der Waals surface area contributed by atoms with Crippen LogP contribution in [-0.4, -0.2) is 45.6 Å². The molecule has 0 saturated carbocycles. The molecule has 0 aliphatic heterocycles. The summed E-state index contributed by atoms with van der Waals surface area (Å²) >= 11 is 6.16. The number of nitrogens with zero attached hydrogens (tertiary/aromatic N) is 4. The lowest BCUT2D eigenvalue weighted by Crippen LogP contribution is -2.31. The number of rotatable bonds is 8. The van der Waals surface area contributed by atoms with Crippen LogP contribution in [0, 0.1) is 10.1 Å². The number of nitro groups is 1. The van der Waals surface area contributed by atoms with Gasteiger partial charge in [0.05, 0.1) is 34.7 Å². The number of non-ortho nitro benzene ring substituents is 1. The predicted molar refractivity (Wildman–Crippen MR) is 114 cm³/mol. The van der Waals surface area contributed by atoms with Gasteiger partial charge in [0.25, 0.3) is 11.6 Å². The van der Waals surface area contributed by atoms with Crippen LogP contribution >= 0.6 is 11.6 Å². The number of esters is 1. The molecule has 0 bridgehead atoms. The highest BCUT2D eigenvalue weighted by Gasteiger charge is 2.23. The zero-order valence-electron chi connectivity index (χ0n) is 17.3. The van der Waals surface area contributed by atoms with Crippen LogP contribution in [0.25, 0.3) is 11.5 Å². The van der Waals surface area contributed by atoms with Gasteiger partial charge in [-0.05, 0) is 24.6 Å². The van der Waals surface area contributed by atoms with Crippen molar-refractivity contribution in [2.24, 2.45) is 0 Å². The second-order valence-corrected chi connectivity index (χ2v) is 7.13. The fourth-order valence-electron chi connectivity index (χ4n) is 3.00. The number of carbonyl (C=O) groups is 2. The fourth-order valence-corrected chi connectivity index (χ4v) is 3.22. The Balaban J connectivity index is 1.90. The van der Waals surface area contributed by atoms with Crippen molar-refractivity contribution in [1.82, 2.24) is 15.1 Å². The normalized spacial score (nSPS) is 10.6. The highest BCUT2D eigenvalue weighted by Crippen LogP contribution is 2.27. The van der Waals surface area contributed by atoms with Crippen molar-refractivity contribution in [3.8, 4) is 11.5 Å². The molecule has 0 spiro atoms. The Hall–Kier alpha value is -3.79. The van der Waals surface area contributed by atoms with Crippen LogP contribution in [0.15, 0.2) is 46.9 Å². The van der Waals surface area contributed by atoms with E-state index in [1.165, 1.54) is 11.0 Å². The van der Waals surface area contributed by atoms with E-state index in [9.17, 15) is 19.7 Å². The molecule has 0 unspecified atom stereocenters. The first-order valence-electron chi connectivity index (χ1n) is 9.58. The lowest BCUT2D eigenvalue weighted by molar-refractivity contribution is -0.384. The van der Waals surface area contributed by atoms with Gasteiger partial charge in [-0.25, -0.2) is 4.79 Å². The number of amides is 1. The van der Waals surface area contributed by atoms with Crippen LogP contribution in [-0.2, 0) is 11.3 Å². The van der Waals surface area contributed by atoms with Gasteiger partial charge in [-0.2, -0.15) is 0 Å². The number of halogens is 1. The summed E-state index contributed by atoms with van der Waals surface area (Å²) in [4.78, 5) is 37.1. The van der Waals surface area contributed by atoms with Crippen LogP contribution in [0.5, 0.6) is 0 Å². The lowest BCUT2D eigenvalue weighted by atomic mass is 10.1. The molecule has 3 rings (SSSR count). The van der Waals surface area contributed by atoms with Crippen molar-refractivity contribution in [1.29, 1.82) is 0 Å². The summed E-state index contributed by atoms with van der Waals surface area (Å²) in [6, 6.07) is 10.4. The molecule has 0 radical (unpaired) electrons. The van der Waals surface area contributed by atoms with E-state index in [-0.39, 0.29) is 29.5 Å². The van der Waals surface area contributed by atoms with Crippen molar-refractivity contribution in [3.05, 3.63) is 74.6 Å². The first-order chi connectivity index (χ1) is 15.3. The first-order valence-corrected chi connectivity index (χ1v) is 9.96. The average molecular weight is 459 g/mol. The molecule has 1 amide bonds. The summed E-state index contributed by atoms with van der Waals surface area (Å²) in [6.45, 7) is 2.16. The minimum absolute atomic E-state index is 0.0274.